The highest BCUT2D eigenvalue weighted by molar-refractivity contribution is 9.10. The summed E-state index contributed by atoms with van der Waals surface area (Å²) >= 11 is 3.52. The molecule has 0 bridgehead atoms. The lowest BCUT2D eigenvalue weighted by Crippen LogP contribution is -2.38. The van der Waals surface area contributed by atoms with Crippen LogP contribution < -0.4 is 14.4 Å². The van der Waals surface area contributed by atoms with Crippen LogP contribution in [0, 0.1) is 0 Å². The van der Waals surface area contributed by atoms with Gasteiger partial charge in [-0.25, -0.2) is 0 Å². The van der Waals surface area contributed by atoms with E-state index >= 15 is 0 Å². The van der Waals surface area contributed by atoms with Crippen LogP contribution in [0.25, 0.3) is 6.08 Å². The molecule has 2 heterocycles. The lowest BCUT2D eigenvalue weighted by molar-refractivity contribution is -0.114. The fraction of sp³-hybridized carbons (Fsp3) is 0.375. The summed E-state index contributed by atoms with van der Waals surface area (Å²) in [5.41, 5.74) is 2.96. The van der Waals surface area contributed by atoms with E-state index in [4.69, 9.17) is 14.2 Å². The van der Waals surface area contributed by atoms with Gasteiger partial charge < -0.3 is 19.1 Å². The SMILES string of the molecule is COc1cc2c(cc1OCCN1CCOCC1)N(C(=O)/C=C/c1ccccc1Br)CC2. The number of hydrogen-bond donors (Lipinski definition) is 0. The standard InChI is InChI=1S/C24H27BrN2O4/c1-29-22-16-19-8-9-27(24(28)7-6-18-4-2-3-5-20(18)25)21(19)17-23(22)31-15-12-26-10-13-30-14-11-26/h2-7,16-17H,8-15H2,1H3/b7-6+. The zero-order valence-corrected chi connectivity index (χ0v) is 19.3. The van der Waals surface area contributed by atoms with E-state index in [1.165, 1.54) is 0 Å². The minimum absolute atomic E-state index is 0.0427. The van der Waals surface area contributed by atoms with Gasteiger partial charge in [-0.1, -0.05) is 34.1 Å². The number of benzene rings is 2. The second kappa shape index (κ2) is 10.3. The molecule has 2 aromatic rings. The zero-order chi connectivity index (χ0) is 21.6. The molecule has 0 spiro atoms. The van der Waals surface area contributed by atoms with E-state index in [1.54, 1.807) is 18.1 Å². The molecule has 31 heavy (non-hydrogen) atoms. The summed E-state index contributed by atoms with van der Waals surface area (Å²) in [5, 5.41) is 0. The van der Waals surface area contributed by atoms with Gasteiger partial charge in [0.25, 0.3) is 5.91 Å². The Morgan fingerprint density at radius 1 is 1.16 bits per heavy atom. The van der Waals surface area contributed by atoms with Crippen molar-refractivity contribution in [3.8, 4) is 11.5 Å². The molecule has 0 aliphatic carbocycles. The van der Waals surface area contributed by atoms with Crippen molar-refractivity contribution in [2.75, 3.05) is 58.0 Å². The highest BCUT2D eigenvalue weighted by Crippen LogP contribution is 2.39. The molecule has 1 amide bonds. The number of amides is 1. The fourth-order valence-electron chi connectivity index (χ4n) is 3.87. The van der Waals surface area contributed by atoms with Crippen molar-refractivity contribution in [3.63, 3.8) is 0 Å². The molecule has 0 atom stereocenters. The first kappa shape index (κ1) is 21.9. The van der Waals surface area contributed by atoms with Crippen molar-refractivity contribution in [1.82, 2.24) is 4.90 Å². The highest BCUT2D eigenvalue weighted by atomic mass is 79.9. The van der Waals surface area contributed by atoms with Crippen LogP contribution in [-0.4, -0.2) is 63.9 Å². The number of hydrogen-bond acceptors (Lipinski definition) is 5. The summed E-state index contributed by atoms with van der Waals surface area (Å²) in [6, 6.07) is 11.8. The molecule has 0 aromatic heterocycles. The van der Waals surface area contributed by atoms with Gasteiger partial charge in [-0.05, 0) is 35.8 Å². The molecular weight excluding hydrogens is 460 g/mol. The van der Waals surface area contributed by atoms with E-state index in [-0.39, 0.29) is 5.91 Å². The first-order valence-electron chi connectivity index (χ1n) is 10.5. The smallest absolute Gasteiger partial charge is 0.251 e. The van der Waals surface area contributed by atoms with Crippen LogP contribution in [0.1, 0.15) is 11.1 Å². The lowest BCUT2D eigenvalue weighted by Gasteiger charge is -2.26. The second-order valence-electron chi connectivity index (χ2n) is 7.53. The third-order valence-corrected chi connectivity index (χ3v) is 6.33. The molecule has 0 unspecified atom stereocenters. The molecule has 7 heteroatoms. The molecule has 1 fully saturated rings. The summed E-state index contributed by atoms with van der Waals surface area (Å²) in [7, 11) is 1.65. The van der Waals surface area contributed by atoms with Crippen molar-refractivity contribution in [2.45, 2.75) is 6.42 Å². The minimum atomic E-state index is -0.0427. The Morgan fingerprint density at radius 2 is 1.97 bits per heavy atom. The van der Waals surface area contributed by atoms with E-state index in [9.17, 15) is 4.79 Å². The van der Waals surface area contributed by atoms with Crippen molar-refractivity contribution < 1.29 is 19.0 Å². The molecule has 0 N–H and O–H groups in total. The van der Waals surface area contributed by atoms with Crippen molar-refractivity contribution in [1.29, 1.82) is 0 Å². The van der Waals surface area contributed by atoms with Crippen molar-refractivity contribution in [3.05, 3.63) is 58.1 Å². The Kier molecular flexibility index (Phi) is 7.27. The zero-order valence-electron chi connectivity index (χ0n) is 17.7. The number of halogens is 1. The van der Waals surface area contributed by atoms with Crippen molar-refractivity contribution in [2.24, 2.45) is 0 Å². The summed E-state index contributed by atoms with van der Waals surface area (Å²) in [5.74, 6) is 1.33. The van der Waals surface area contributed by atoms with Gasteiger partial charge in [0.2, 0.25) is 0 Å². The molecule has 6 nitrogen and oxygen atoms in total. The average molecular weight is 487 g/mol. The van der Waals surface area contributed by atoms with Crippen LogP contribution in [0.5, 0.6) is 11.5 Å². The maximum atomic E-state index is 12.9. The van der Waals surface area contributed by atoms with Crippen LogP contribution >= 0.6 is 15.9 Å². The summed E-state index contributed by atoms with van der Waals surface area (Å²) < 4.78 is 18.0. The monoisotopic (exact) mass is 486 g/mol. The second-order valence-corrected chi connectivity index (χ2v) is 8.38. The number of nitrogens with zero attached hydrogens (tertiary/aromatic N) is 2. The number of carbonyl (C=O) groups excluding carboxylic acids is 1. The maximum Gasteiger partial charge on any atom is 0.251 e. The number of rotatable bonds is 7. The van der Waals surface area contributed by atoms with Gasteiger partial charge >= 0.3 is 0 Å². The number of morpholine rings is 1. The summed E-state index contributed by atoms with van der Waals surface area (Å²) in [4.78, 5) is 17.0. The van der Waals surface area contributed by atoms with Gasteiger partial charge in [0.05, 0.1) is 26.0 Å². The largest absolute Gasteiger partial charge is 0.493 e. The molecule has 0 radical (unpaired) electrons. The predicted octanol–water partition coefficient (Wildman–Crippen LogP) is 3.77. The highest BCUT2D eigenvalue weighted by Gasteiger charge is 2.26. The van der Waals surface area contributed by atoms with Crippen LogP contribution in [0.15, 0.2) is 46.9 Å². The van der Waals surface area contributed by atoms with Gasteiger partial charge in [-0.2, -0.15) is 0 Å². The number of ether oxygens (including phenoxy) is 3. The lowest BCUT2D eigenvalue weighted by atomic mass is 10.1. The maximum absolute atomic E-state index is 12.9. The molecule has 1 saturated heterocycles. The predicted molar refractivity (Wildman–Crippen MR) is 125 cm³/mol. The normalized spacial score (nSPS) is 16.5. The number of anilines is 1. The van der Waals surface area contributed by atoms with Crippen LogP contribution in [0.4, 0.5) is 5.69 Å². The number of fused-ring (bicyclic) bond motifs is 1. The van der Waals surface area contributed by atoms with E-state index in [1.807, 2.05) is 42.5 Å². The molecular formula is C24H27BrN2O4. The third-order valence-electron chi connectivity index (χ3n) is 5.61. The molecule has 164 valence electrons. The summed E-state index contributed by atoms with van der Waals surface area (Å²) in [6.07, 6.45) is 4.26. The van der Waals surface area contributed by atoms with Gasteiger partial charge in [-0.3, -0.25) is 9.69 Å². The minimum Gasteiger partial charge on any atom is -0.493 e. The molecule has 2 aromatic carbocycles. The first-order chi connectivity index (χ1) is 15.2. The van der Waals surface area contributed by atoms with Crippen molar-refractivity contribution >= 4 is 33.6 Å². The van der Waals surface area contributed by atoms with Crippen LogP contribution in [-0.2, 0) is 16.0 Å². The van der Waals surface area contributed by atoms with E-state index in [0.717, 1.165) is 60.6 Å². The first-order valence-corrected chi connectivity index (χ1v) is 11.3. The van der Waals surface area contributed by atoms with Crippen LogP contribution in [0.3, 0.4) is 0 Å². The Morgan fingerprint density at radius 3 is 2.74 bits per heavy atom. The molecule has 4 rings (SSSR count). The summed E-state index contributed by atoms with van der Waals surface area (Å²) in [6.45, 7) is 5.44. The van der Waals surface area contributed by atoms with Crippen LogP contribution in [0.2, 0.25) is 0 Å². The number of methoxy groups -OCH3 is 1. The number of carbonyl (C=O) groups is 1. The molecule has 2 aliphatic rings. The topological polar surface area (TPSA) is 51.2 Å². The Labute approximate surface area is 191 Å². The van der Waals surface area contributed by atoms with E-state index < -0.39 is 0 Å². The van der Waals surface area contributed by atoms with Gasteiger partial charge in [0.15, 0.2) is 11.5 Å². The molecule has 2 aliphatic heterocycles. The molecule has 0 saturated carbocycles. The Hall–Kier alpha value is -2.35. The van der Waals surface area contributed by atoms with E-state index in [2.05, 4.69) is 20.8 Å². The quantitative estimate of drug-likeness (QED) is 0.557. The third kappa shape index (κ3) is 5.29. The average Bonchev–Trinajstić information content (AvgIpc) is 3.21. The van der Waals surface area contributed by atoms with Gasteiger partial charge in [0, 0.05) is 42.8 Å². The Balaban J connectivity index is 1.46. The van der Waals surface area contributed by atoms with Gasteiger partial charge in [0.1, 0.15) is 6.61 Å². The van der Waals surface area contributed by atoms with E-state index in [0.29, 0.717) is 24.7 Å². The Bertz CT molecular complexity index is 957. The van der Waals surface area contributed by atoms with Gasteiger partial charge in [-0.15, -0.1) is 0 Å². The fourth-order valence-corrected chi connectivity index (χ4v) is 4.28.